The van der Waals surface area contributed by atoms with E-state index < -0.39 is 0 Å². The van der Waals surface area contributed by atoms with Crippen LogP contribution in [0.1, 0.15) is 25.3 Å². The summed E-state index contributed by atoms with van der Waals surface area (Å²) in [6, 6.07) is 7.55. The van der Waals surface area contributed by atoms with E-state index in [4.69, 9.17) is 21.7 Å². The van der Waals surface area contributed by atoms with Crippen molar-refractivity contribution in [1.82, 2.24) is 20.5 Å². The zero-order chi connectivity index (χ0) is 21.2. The van der Waals surface area contributed by atoms with Crippen molar-refractivity contribution in [3.8, 4) is 5.75 Å². The molecule has 2 N–H and O–H groups in total. The number of likely N-dealkylation sites (tertiary alicyclic amines) is 1. The summed E-state index contributed by atoms with van der Waals surface area (Å²) >= 11 is 5.29. The molecule has 1 aromatic rings. The number of carbonyl (C=O) groups is 1. The van der Waals surface area contributed by atoms with Crippen molar-refractivity contribution in [2.75, 3.05) is 59.1 Å². The third kappa shape index (κ3) is 7.23. The SMILES string of the molecule is CC(=NNC(=S)NCCN1CCOCC1)c1ccc(OCC(=O)N2CCCC2)cc1. The van der Waals surface area contributed by atoms with Gasteiger partial charge in [0.05, 0.1) is 18.9 Å². The van der Waals surface area contributed by atoms with Crippen molar-refractivity contribution in [2.45, 2.75) is 19.8 Å². The number of hydrazone groups is 1. The lowest BCUT2D eigenvalue weighted by molar-refractivity contribution is -0.132. The van der Waals surface area contributed by atoms with Gasteiger partial charge in [-0.15, -0.1) is 0 Å². The molecule has 8 nitrogen and oxygen atoms in total. The molecule has 0 bridgehead atoms. The van der Waals surface area contributed by atoms with Crippen molar-refractivity contribution < 1.29 is 14.3 Å². The van der Waals surface area contributed by atoms with Gasteiger partial charge in [-0.3, -0.25) is 15.1 Å². The topological polar surface area (TPSA) is 78.4 Å². The fourth-order valence-corrected chi connectivity index (χ4v) is 3.53. The Bertz CT molecular complexity index is 729. The van der Waals surface area contributed by atoms with Crippen LogP contribution in [0.5, 0.6) is 5.75 Å². The van der Waals surface area contributed by atoms with E-state index in [1.165, 1.54) is 0 Å². The molecule has 2 aliphatic heterocycles. The lowest BCUT2D eigenvalue weighted by Crippen LogP contribution is -2.42. The molecule has 3 rings (SSSR count). The summed E-state index contributed by atoms with van der Waals surface area (Å²) < 4.78 is 11.0. The number of thiocarbonyl (C=S) groups is 1. The summed E-state index contributed by atoms with van der Waals surface area (Å²) in [5.41, 5.74) is 4.66. The highest BCUT2D eigenvalue weighted by molar-refractivity contribution is 7.80. The fraction of sp³-hybridized carbons (Fsp3) is 0.571. The molecule has 2 aliphatic rings. The van der Waals surface area contributed by atoms with Crippen LogP contribution in [0, 0.1) is 0 Å². The lowest BCUT2D eigenvalue weighted by atomic mass is 10.1. The van der Waals surface area contributed by atoms with E-state index in [1.807, 2.05) is 36.1 Å². The second-order valence-electron chi connectivity index (χ2n) is 7.42. The van der Waals surface area contributed by atoms with Crippen molar-refractivity contribution >= 4 is 28.9 Å². The van der Waals surface area contributed by atoms with E-state index in [0.717, 1.165) is 76.6 Å². The van der Waals surface area contributed by atoms with Gasteiger partial charge in [-0.2, -0.15) is 5.10 Å². The Labute approximate surface area is 183 Å². The maximum absolute atomic E-state index is 12.1. The molecule has 0 unspecified atom stereocenters. The van der Waals surface area contributed by atoms with Gasteiger partial charge in [0.25, 0.3) is 5.91 Å². The molecule has 1 aromatic carbocycles. The Morgan fingerprint density at radius 1 is 1.17 bits per heavy atom. The van der Waals surface area contributed by atoms with Gasteiger partial charge in [0.2, 0.25) is 0 Å². The smallest absolute Gasteiger partial charge is 0.260 e. The summed E-state index contributed by atoms with van der Waals surface area (Å²) in [5.74, 6) is 0.723. The molecule has 0 saturated carbocycles. The third-order valence-electron chi connectivity index (χ3n) is 5.24. The number of benzene rings is 1. The molecule has 30 heavy (non-hydrogen) atoms. The molecule has 2 heterocycles. The highest BCUT2D eigenvalue weighted by Crippen LogP contribution is 2.14. The summed E-state index contributed by atoms with van der Waals surface area (Å²) in [6.45, 7) is 8.89. The number of amides is 1. The monoisotopic (exact) mass is 433 g/mol. The highest BCUT2D eigenvalue weighted by atomic mass is 32.1. The fourth-order valence-electron chi connectivity index (χ4n) is 3.39. The van der Waals surface area contributed by atoms with E-state index in [2.05, 4.69) is 20.7 Å². The van der Waals surface area contributed by atoms with Gasteiger partial charge in [0.15, 0.2) is 11.7 Å². The minimum absolute atomic E-state index is 0.0492. The van der Waals surface area contributed by atoms with Gasteiger partial charge < -0.3 is 19.7 Å². The van der Waals surface area contributed by atoms with Gasteiger partial charge in [-0.25, -0.2) is 0 Å². The van der Waals surface area contributed by atoms with Crippen molar-refractivity contribution in [1.29, 1.82) is 0 Å². The van der Waals surface area contributed by atoms with E-state index in [0.29, 0.717) is 10.9 Å². The summed E-state index contributed by atoms with van der Waals surface area (Å²) in [7, 11) is 0. The zero-order valence-corrected chi connectivity index (χ0v) is 18.4. The van der Waals surface area contributed by atoms with E-state index in [-0.39, 0.29) is 12.5 Å². The lowest BCUT2D eigenvalue weighted by Gasteiger charge is -2.26. The van der Waals surface area contributed by atoms with Crippen molar-refractivity contribution in [2.24, 2.45) is 5.10 Å². The number of hydrogen-bond acceptors (Lipinski definition) is 6. The van der Waals surface area contributed by atoms with Gasteiger partial charge >= 0.3 is 0 Å². The molecule has 2 fully saturated rings. The van der Waals surface area contributed by atoms with Gasteiger partial charge in [0.1, 0.15) is 5.75 Å². The predicted molar refractivity (Wildman–Crippen MR) is 121 cm³/mol. The van der Waals surface area contributed by atoms with Gasteiger partial charge in [-0.05, 0) is 61.8 Å². The minimum atomic E-state index is 0.0492. The van der Waals surface area contributed by atoms with Crippen LogP contribution in [-0.2, 0) is 9.53 Å². The first-order valence-electron chi connectivity index (χ1n) is 10.5. The average molecular weight is 434 g/mol. The maximum atomic E-state index is 12.1. The molecule has 0 aromatic heterocycles. The normalized spacial score (nSPS) is 17.6. The molecule has 2 saturated heterocycles. The summed E-state index contributed by atoms with van der Waals surface area (Å²) in [5, 5.41) is 8.02. The van der Waals surface area contributed by atoms with Crippen molar-refractivity contribution in [3.63, 3.8) is 0 Å². The van der Waals surface area contributed by atoms with Crippen LogP contribution in [-0.4, -0.2) is 85.6 Å². The van der Waals surface area contributed by atoms with Crippen molar-refractivity contribution in [3.05, 3.63) is 29.8 Å². The van der Waals surface area contributed by atoms with E-state index in [9.17, 15) is 4.79 Å². The van der Waals surface area contributed by atoms with Crippen LogP contribution in [0.3, 0.4) is 0 Å². The second-order valence-corrected chi connectivity index (χ2v) is 7.83. The molecule has 164 valence electrons. The highest BCUT2D eigenvalue weighted by Gasteiger charge is 2.18. The first-order chi connectivity index (χ1) is 14.6. The quantitative estimate of drug-likeness (QED) is 0.362. The number of nitrogens with zero attached hydrogens (tertiary/aromatic N) is 3. The average Bonchev–Trinajstić information content (AvgIpc) is 3.32. The molecule has 0 radical (unpaired) electrons. The summed E-state index contributed by atoms with van der Waals surface area (Å²) in [6.07, 6.45) is 2.17. The number of morpholine rings is 1. The molecule has 1 amide bonds. The van der Waals surface area contributed by atoms with Crippen LogP contribution < -0.4 is 15.5 Å². The van der Waals surface area contributed by atoms with E-state index >= 15 is 0 Å². The van der Waals surface area contributed by atoms with E-state index in [1.54, 1.807) is 0 Å². The number of carbonyl (C=O) groups excluding carboxylic acids is 1. The van der Waals surface area contributed by atoms with Crippen LogP contribution >= 0.6 is 12.2 Å². The number of ether oxygens (including phenoxy) is 2. The van der Waals surface area contributed by atoms with Crippen LogP contribution in [0.2, 0.25) is 0 Å². The zero-order valence-electron chi connectivity index (χ0n) is 17.6. The molecule has 0 atom stereocenters. The molecule has 9 heteroatoms. The molecular weight excluding hydrogens is 402 g/mol. The first-order valence-corrected chi connectivity index (χ1v) is 10.9. The number of hydrogen-bond donors (Lipinski definition) is 2. The Morgan fingerprint density at radius 3 is 2.57 bits per heavy atom. The molecule has 0 spiro atoms. The third-order valence-corrected chi connectivity index (χ3v) is 5.47. The van der Waals surface area contributed by atoms with Crippen LogP contribution in [0.25, 0.3) is 0 Å². The molecule has 0 aliphatic carbocycles. The maximum Gasteiger partial charge on any atom is 0.260 e. The van der Waals surface area contributed by atoms with Crippen LogP contribution in [0.15, 0.2) is 29.4 Å². The number of rotatable bonds is 8. The van der Waals surface area contributed by atoms with Gasteiger partial charge in [-0.1, -0.05) is 0 Å². The number of nitrogens with one attached hydrogen (secondary N) is 2. The van der Waals surface area contributed by atoms with Crippen LogP contribution in [0.4, 0.5) is 0 Å². The Balaban J connectivity index is 1.37. The largest absolute Gasteiger partial charge is 0.484 e. The Morgan fingerprint density at radius 2 is 1.87 bits per heavy atom. The Kier molecular flexibility index (Phi) is 8.85. The molecular formula is C21H31N5O3S. The minimum Gasteiger partial charge on any atom is -0.484 e. The second kappa shape index (κ2) is 11.8. The predicted octanol–water partition coefficient (Wildman–Crippen LogP) is 1.21. The Hall–Kier alpha value is -2.23. The standard InChI is InChI=1S/C21H31N5O3S/c1-17(23-24-21(30)22-8-11-25-12-14-28-15-13-25)18-4-6-19(7-5-18)29-16-20(27)26-9-2-3-10-26/h4-7H,2-3,8-16H2,1H3,(H2,22,24,30). The summed E-state index contributed by atoms with van der Waals surface area (Å²) in [4.78, 5) is 16.3. The van der Waals surface area contributed by atoms with Gasteiger partial charge in [0, 0.05) is 39.3 Å². The first kappa shape index (κ1) is 22.5.